The number of rotatable bonds is 2. The molecule has 2 heterocycles. The number of carbonyl (C=O) groups excluding carboxylic acids is 3. The molecule has 3 atom stereocenters. The Morgan fingerprint density at radius 1 is 1.19 bits per heavy atom. The maximum absolute atomic E-state index is 13.1. The summed E-state index contributed by atoms with van der Waals surface area (Å²) >= 11 is 0. The summed E-state index contributed by atoms with van der Waals surface area (Å²) in [6.45, 7) is 4.57. The van der Waals surface area contributed by atoms with Crippen molar-refractivity contribution >= 4 is 17.8 Å². The number of nitrogens with zero attached hydrogens (tertiary/aromatic N) is 2. The summed E-state index contributed by atoms with van der Waals surface area (Å²) in [7, 11) is 0. The van der Waals surface area contributed by atoms with Gasteiger partial charge >= 0.3 is 6.03 Å². The molecule has 7 nitrogen and oxygen atoms in total. The molecule has 3 aliphatic rings. The van der Waals surface area contributed by atoms with Crippen molar-refractivity contribution in [2.45, 2.75) is 50.9 Å². The number of aryl methyl sites for hydroxylation is 1. The highest BCUT2D eigenvalue weighted by Crippen LogP contribution is 2.33. The first kappa shape index (κ1) is 18.0. The lowest BCUT2D eigenvalue weighted by Crippen LogP contribution is -2.53. The Morgan fingerprint density at radius 2 is 1.85 bits per heavy atom. The number of benzene rings is 1. The second-order valence-corrected chi connectivity index (χ2v) is 7.91. The summed E-state index contributed by atoms with van der Waals surface area (Å²) in [5.41, 5.74) is 1.38. The van der Waals surface area contributed by atoms with E-state index in [1.54, 1.807) is 4.90 Å². The van der Waals surface area contributed by atoms with E-state index < -0.39 is 11.6 Å². The van der Waals surface area contributed by atoms with Crippen LogP contribution >= 0.6 is 0 Å². The Labute approximate surface area is 158 Å². The first-order chi connectivity index (χ1) is 12.9. The number of imide groups is 1. The minimum Gasteiger partial charge on any atom is -0.372 e. The highest BCUT2D eigenvalue weighted by molar-refractivity contribution is 6.09. The molecule has 0 unspecified atom stereocenters. The zero-order valence-electron chi connectivity index (χ0n) is 15.7. The third kappa shape index (κ3) is 3.20. The summed E-state index contributed by atoms with van der Waals surface area (Å²) in [6, 6.07) is 7.52. The molecule has 1 spiro atoms. The van der Waals surface area contributed by atoms with Crippen molar-refractivity contribution in [2.24, 2.45) is 0 Å². The normalized spacial score (nSPS) is 30.4. The molecule has 2 saturated heterocycles. The standard InChI is InChI=1S/C20H25N3O4/c1-13-10-22(11-14(2)27-13)17(24)12-23-18(25)20(21-19(23)26)8-7-15-5-3-4-6-16(15)9-20/h3-6,13-14H,7-12H2,1-2H3,(H,21,26)/t13-,14-,20-/m1/s1. The number of hydrogen-bond acceptors (Lipinski definition) is 4. The molecule has 7 heteroatoms. The zero-order chi connectivity index (χ0) is 19.2. The Hall–Kier alpha value is -2.41. The van der Waals surface area contributed by atoms with Gasteiger partial charge in [-0.2, -0.15) is 0 Å². The maximum atomic E-state index is 13.1. The molecule has 4 amide bonds. The van der Waals surface area contributed by atoms with Crippen LogP contribution in [0.5, 0.6) is 0 Å². The van der Waals surface area contributed by atoms with E-state index in [1.165, 1.54) is 5.56 Å². The van der Waals surface area contributed by atoms with Gasteiger partial charge in [0.1, 0.15) is 12.1 Å². The molecule has 1 aliphatic carbocycles. The van der Waals surface area contributed by atoms with E-state index in [-0.39, 0.29) is 30.6 Å². The molecule has 2 aliphatic heterocycles. The fraction of sp³-hybridized carbons (Fsp3) is 0.550. The van der Waals surface area contributed by atoms with E-state index in [4.69, 9.17) is 4.74 Å². The third-order valence-electron chi connectivity index (χ3n) is 5.74. The quantitative estimate of drug-likeness (QED) is 0.790. The minimum atomic E-state index is -0.919. The second-order valence-electron chi connectivity index (χ2n) is 7.91. The highest BCUT2D eigenvalue weighted by Gasteiger charge is 2.52. The van der Waals surface area contributed by atoms with Crippen molar-refractivity contribution < 1.29 is 19.1 Å². The highest BCUT2D eigenvalue weighted by atomic mass is 16.5. The van der Waals surface area contributed by atoms with Crippen molar-refractivity contribution in [1.82, 2.24) is 15.1 Å². The van der Waals surface area contributed by atoms with Crippen LogP contribution in [0, 0.1) is 0 Å². The van der Waals surface area contributed by atoms with E-state index in [0.29, 0.717) is 25.9 Å². The fourth-order valence-electron chi connectivity index (χ4n) is 4.46. The topological polar surface area (TPSA) is 79.0 Å². The molecule has 1 aromatic rings. The lowest BCUT2D eigenvalue weighted by Gasteiger charge is -2.36. The molecule has 2 fully saturated rings. The minimum absolute atomic E-state index is 0.0537. The van der Waals surface area contributed by atoms with Crippen molar-refractivity contribution in [3.05, 3.63) is 35.4 Å². The summed E-state index contributed by atoms with van der Waals surface area (Å²) in [5.74, 6) is -0.501. The van der Waals surface area contributed by atoms with Gasteiger partial charge in [0.05, 0.1) is 12.2 Å². The van der Waals surface area contributed by atoms with Gasteiger partial charge in [0, 0.05) is 19.5 Å². The summed E-state index contributed by atoms with van der Waals surface area (Å²) in [4.78, 5) is 41.1. The van der Waals surface area contributed by atoms with E-state index in [2.05, 4.69) is 11.4 Å². The maximum Gasteiger partial charge on any atom is 0.325 e. The van der Waals surface area contributed by atoms with Crippen molar-refractivity contribution in [1.29, 1.82) is 0 Å². The predicted octanol–water partition coefficient (Wildman–Crippen LogP) is 1.10. The van der Waals surface area contributed by atoms with Crippen molar-refractivity contribution in [3.63, 3.8) is 0 Å². The van der Waals surface area contributed by atoms with Crippen LogP contribution in [0.15, 0.2) is 24.3 Å². The van der Waals surface area contributed by atoms with Gasteiger partial charge in [-0.3, -0.25) is 14.5 Å². The Bertz CT molecular complexity index is 785. The average Bonchev–Trinajstić information content (AvgIpc) is 2.85. The Morgan fingerprint density at radius 3 is 2.56 bits per heavy atom. The Balaban J connectivity index is 1.48. The molecular weight excluding hydrogens is 346 g/mol. The number of fused-ring (bicyclic) bond motifs is 1. The van der Waals surface area contributed by atoms with E-state index in [9.17, 15) is 14.4 Å². The second kappa shape index (κ2) is 6.64. The van der Waals surface area contributed by atoms with Gasteiger partial charge in [-0.05, 0) is 37.8 Å². The number of ether oxygens (including phenoxy) is 1. The number of nitrogens with one attached hydrogen (secondary N) is 1. The van der Waals surface area contributed by atoms with Gasteiger partial charge in [-0.25, -0.2) is 4.79 Å². The van der Waals surface area contributed by atoms with Crippen LogP contribution in [0.25, 0.3) is 0 Å². The van der Waals surface area contributed by atoms with Gasteiger partial charge in [0.25, 0.3) is 5.91 Å². The van der Waals surface area contributed by atoms with Gasteiger partial charge in [0.2, 0.25) is 5.91 Å². The average molecular weight is 371 g/mol. The summed E-state index contributed by atoms with van der Waals surface area (Å²) in [5, 5.41) is 2.88. The van der Waals surface area contributed by atoms with Gasteiger partial charge in [-0.15, -0.1) is 0 Å². The van der Waals surface area contributed by atoms with Crippen LogP contribution < -0.4 is 5.32 Å². The SMILES string of the molecule is C[C@@H]1CN(C(=O)CN2C(=O)N[C@@]3(CCc4ccccc4C3)C2=O)C[C@@H](C)O1. The summed E-state index contributed by atoms with van der Waals surface area (Å²) < 4.78 is 5.65. The number of urea groups is 1. The zero-order valence-corrected chi connectivity index (χ0v) is 15.7. The smallest absolute Gasteiger partial charge is 0.325 e. The first-order valence-electron chi connectivity index (χ1n) is 9.52. The van der Waals surface area contributed by atoms with Crippen LogP contribution in [0.1, 0.15) is 31.4 Å². The van der Waals surface area contributed by atoms with E-state index in [1.807, 2.05) is 32.0 Å². The fourth-order valence-corrected chi connectivity index (χ4v) is 4.46. The number of morpholine rings is 1. The Kier molecular flexibility index (Phi) is 4.42. The van der Waals surface area contributed by atoms with E-state index >= 15 is 0 Å². The third-order valence-corrected chi connectivity index (χ3v) is 5.74. The van der Waals surface area contributed by atoms with Crippen molar-refractivity contribution in [3.8, 4) is 0 Å². The molecular formula is C20H25N3O4. The summed E-state index contributed by atoms with van der Waals surface area (Å²) in [6.07, 6.45) is 1.67. The molecule has 0 saturated carbocycles. The molecule has 0 aromatic heterocycles. The van der Waals surface area contributed by atoms with Crippen LogP contribution in [0.2, 0.25) is 0 Å². The van der Waals surface area contributed by atoms with Crippen LogP contribution in [-0.2, 0) is 27.2 Å². The van der Waals surface area contributed by atoms with E-state index in [0.717, 1.165) is 16.9 Å². The molecule has 1 N–H and O–H groups in total. The molecule has 0 bridgehead atoms. The molecule has 4 rings (SSSR count). The lowest BCUT2D eigenvalue weighted by atomic mass is 9.78. The van der Waals surface area contributed by atoms with Gasteiger partial charge in [0.15, 0.2) is 0 Å². The van der Waals surface area contributed by atoms with Crippen molar-refractivity contribution in [2.75, 3.05) is 19.6 Å². The number of amides is 4. The van der Waals surface area contributed by atoms with Crippen LogP contribution in [0.4, 0.5) is 4.79 Å². The molecule has 1 aromatic carbocycles. The van der Waals surface area contributed by atoms with Crippen LogP contribution in [0.3, 0.4) is 0 Å². The van der Waals surface area contributed by atoms with Gasteiger partial charge < -0.3 is 15.0 Å². The predicted molar refractivity (Wildman–Crippen MR) is 98.0 cm³/mol. The van der Waals surface area contributed by atoms with Crippen LogP contribution in [-0.4, -0.2) is 65.0 Å². The molecule has 144 valence electrons. The van der Waals surface area contributed by atoms with Gasteiger partial charge in [-0.1, -0.05) is 24.3 Å². The monoisotopic (exact) mass is 371 g/mol. The number of carbonyl (C=O) groups is 3. The molecule has 27 heavy (non-hydrogen) atoms. The first-order valence-corrected chi connectivity index (χ1v) is 9.52. The number of hydrogen-bond donors (Lipinski definition) is 1. The largest absolute Gasteiger partial charge is 0.372 e. The lowest BCUT2D eigenvalue weighted by molar-refractivity contribution is -0.146. The molecule has 0 radical (unpaired) electrons.